The number of benzene rings is 3. The van der Waals surface area contributed by atoms with Crippen molar-refractivity contribution >= 4 is 75.3 Å². The molecule has 1 aliphatic rings. The number of thiophene rings is 1. The van der Waals surface area contributed by atoms with Crippen LogP contribution in [0.3, 0.4) is 0 Å². The van der Waals surface area contributed by atoms with Crippen LogP contribution in [0.4, 0.5) is 0 Å². The van der Waals surface area contributed by atoms with Gasteiger partial charge in [-0.15, -0.1) is 46.3 Å². The van der Waals surface area contributed by atoms with Crippen LogP contribution in [-0.2, 0) is 13.1 Å². The number of aliphatic imine (C=N–C) groups is 1. The van der Waals surface area contributed by atoms with Crippen LogP contribution in [0.2, 0.25) is 5.02 Å². The quantitative estimate of drug-likeness (QED) is 0.195. The van der Waals surface area contributed by atoms with Crippen LogP contribution in [0.5, 0.6) is 0 Å². The number of hydrogen-bond donors (Lipinski definition) is 0. The third-order valence-corrected chi connectivity index (χ3v) is 8.06. The van der Waals surface area contributed by atoms with Gasteiger partial charge in [0.05, 0.1) is 17.1 Å². The van der Waals surface area contributed by atoms with Crippen molar-refractivity contribution in [3.05, 3.63) is 112 Å². The fourth-order valence-electron chi connectivity index (χ4n) is 5.05. The van der Waals surface area contributed by atoms with E-state index in [2.05, 4.69) is 85.8 Å². The molecule has 0 bridgehead atoms. The molecular weight excluding hydrogens is 569 g/mol. The van der Waals surface area contributed by atoms with Crippen LogP contribution in [0.1, 0.15) is 27.7 Å². The van der Waals surface area contributed by atoms with Crippen LogP contribution >= 0.6 is 47.8 Å². The first-order valence-electron chi connectivity index (χ1n) is 12.0. The van der Waals surface area contributed by atoms with Crippen LogP contribution in [-0.4, -0.2) is 25.0 Å². The Morgan fingerprint density at radius 3 is 2.26 bits per heavy atom. The molecule has 0 amide bonds. The van der Waals surface area contributed by atoms with Gasteiger partial charge in [0.1, 0.15) is 17.4 Å². The first-order valence-corrected chi connectivity index (χ1v) is 13.2. The van der Waals surface area contributed by atoms with E-state index >= 15 is 0 Å². The summed E-state index contributed by atoms with van der Waals surface area (Å²) >= 11 is 8.23. The summed E-state index contributed by atoms with van der Waals surface area (Å²) in [5.41, 5.74) is 5.15. The van der Waals surface area contributed by atoms with Crippen molar-refractivity contribution in [1.29, 1.82) is 0 Å². The van der Waals surface area contributed by atoms with E-state index in [0.29, 0.717) is 18.1 Å². The van der Waals surface area contributed by atoms with Gasteiger partial charge in [-0.25, -0.2) is 0 Å². The molecule has 39 heavy (non-hydrogen) atoms. The highest BCUT2D eigenvalue weighted by molar-refractivity contribution is 7.15. The average molecular weight is 591 g/mol. The number of fused-ring (bicyclic) bond motifs is 6. The van der Waals surface area contributed by atoms with E-state index in [-0.39, 0.29) is 24.8 Å². The fourth-order valence-corrected chi connectivity index (χ4v) is 6.38. The topological polar surface area (TPSA) is 48.0 Å². The lowest BCUT2D eigenvalue weighted by atomic mass is 10.0. The molecule has 4 heterocycles. The molecule has 3 aromatic heterocycles. The molecule has 3 aromatic carbocycles. The number of rotatable bonds is 2. The lowest BCUT2D eigenvalue weighted by Gasteiger charge is -2.08. The molecule has 9 heteroatoms. The maximum absolute atomic E-state index is 6.59. The van der Waals surface area contributed by atoms with E-state index < -0.39 is 0 Å². The van der Waals surface area contributed by atoms with Gasteiger partial charge in [-0.05, 0) is 31.2 Å². The van der Waals surface area contributed by atoms with Gasteiger partial charge in [0.15, 0.2) is 5.82 Å². The molecule has 6 aromatic rings. The minimum Gasteiger partial charge on any atom is -0.329 e. The van der Waals surface area contributed by atoms with Gasteiger partial charge >= 0.3 is 0 Å². The Labute approximate surface area is 247 Å². The summed E-state index contributed by atoms with van der Waals surface area (Å²) in [5.74, 6) is 8.50. The van der Waals surface area contributed by atoms with Gasteiger partial charge in [0.25, 0.3) is 0 Å². The van der Waals surface area contributed by atoms with Gasteiger partial charge in [-0.1, -0.05) is 78.0 Å². The second-order valence-corrected chi connectivity index (χ2v) is 10.3. The zero-order valence-corrected chi connectivity index (χ0v) is 24.0. The zero-order valence-electron chi connectivity index (χ0n) is 20.8. The summed E-state index contributed by atoms with van der Waals surface area (Å²) in [7, 11) is 0. The smallest absolute Gasteiger partial charge is 0.160 e. The monoisotopic (exact) mass is 589 g/mol. The number of aryl methyl sites for hydroxylation is 1. The van der Waals surface area contributed by atoms with E-state index in [9.17, 15) is 0 Å². The predicted molar refractivity (Wildman–Crippen MR) is 166 cm³/mol. The van der Waals surface area contributed by atoms with Gasteiger partial charge in [0.2, 0.25) is 0 Å². The molecular formula is C30H22Cl3N5S. The first kappa shape index (κ1) is 27.0. The average Bonchev–Trinajstić information content (AvgIpc) is 3.56. The number of halogens is 3. The molecule has 0 fully saturated rings. The maximum Gasteiger partial charge on any atom is 0.160 e. The van der Waals surface area contributed by atoms with Crippen molar-refractivity contribution in [2.45, 2.75) is 20.0 Å². The first-order chi connectivity index (χ1) is 18.2. The van der Waals surface area contributed by atoms with E-state index in [1.54, 1.807) is 11.3 Å². The molecule has 0 saturated heterocycles. The lowest BCUT2D eigenvalue weighted by molar-refractivity contribution is 0.869. The molecule has 0 N–H and O–H groups in total. The molecule has 5 nitrogen and oxygen atoms in total. The van der Waals surface area contributed by atoms with E-state index in [0.717, 1.165) is 38.4 Å². The Balaban J connectivity index is 0.00000154. The summed E-state index contributed by atoms with van der Waals surface area (Å²) in [6, 6.07) is 26.9. The molecule has 0 atom stereocenters. The van der Waals surface area contributed by atoms with Gasteiger partial charge in [-0.2, -0.15) is 0 Å². The standard InChI is InChI=1S/C30H20ClN5S.2ClH/c1-19-33-34-28-18-32-29(23-12-2-5-13-25(23)31)24-17-20(37-30(24)36(19)28)9-8-16-35-26-14-6-3-10-21(26)22-11-4-7-15-27(22)35;;/h2-7,10-15,17H,16,18H2,1H3;2*1H. The second kappa shape index (κ2) is 10.9. The van der Waals surface area contributed by atoms with Gasteiger partial charge < -0.3 is 4.57 Å². The minimum absolute atomic E-state index is 0. The number of hydrogen-bond acceptors (Lipinski definition) is 4. The summed E-state index contributed by atoms with van der Waals surface area (Å²) in [6.45, 7) is 3.00. The molecule has 0 aliphatic carbocycles. The highest BCUT2D eigenvalue weighted by Gasteiger charge is 2.25. The van der Waals surface area contributed by atoms with Crippen LogP contribution in [0.15, 0.2) is 83.9 Å². The zero-order chi connectivity index (χ0) is 24.9. The van der Waals surface area contributed by atoms with Crippen LogP contribution in [0, 0.1) is 18.8 Å². The van der Waals surface area contributed by atoms with Crippen molar-refractivity contribution in [2.75, 3.05) is 0 Å². The van der Waals surface area contributed by atoms with Crippen molar-refractivity contribution in [3.63, 3.8) is 0 Å². The maximum atomic E-state index is 6.59. The minimum atomic E-state index is 0. The van der Waals surface area contributed by atoms with E-state index in [1.165, 1.54) is 21.8 Å². The molecule has 0 radical (unpaired) electrons. The Kier molecular flexibility index (Phi) is 7.53. The van der Waals surface area contributed by atoms with Crippen molar-refractivity contribution < 1.29 is 0 Å². The normalized spacial score (nSPS) is 11.9. The Hall–Kier alpha value is -3.60. The summed E-state index contributed by atoms with van der Waals surface area (Å²) in [4.78, 5) is 5.88. The summed E-state index contributed by atoms with van der Waals surface area (Å²) in [5, 5.41) is 12.9. The summed E-state index contributed by atoms with van der Waals surface area (Å²) < 4.78 is 4.38. The highest BCUT2D eigenvalue weighted by Crippen LogP contribution is 2.34. The SMILES string of the molecule is Cc1nnc2n1-c1sc(C#CCn3c4ccccc4c4ccccc43)cc1C(c1ccccc1Cl)=NC2.Cl.Cl. The van der Waals surface area contributed by atoms with Crippen LogP contribution in [0.25, 0.3) is 26.8 Å². The molecule has 1 aliphatic heterocycles. The fraction of sp³-hybridized carbons (Fsp3) is 0.100. The van der Waals surface area contributed by atoms with Crippen LogP contribution < -0.4 is 0 Å². The summed E-state index contributed by atoms with van der Waals surface area (Å²) in [6.07, 6.45) is 0. The van der Waals surface area contributed by atoms with Gasteiger partial charge in [0, 0.05) is 38.0 Å². The molecule has 0 saturated carbocycles. The Morgan fingerprint density at radius 2 is 1.54 bits per heavy atom. The largest absolute Gasteiger partial charge is 0.329 e. The predicted octanol–water partition coefficient (Wildman–Crippen LogP) is 7.64. The van der Waals surface area contributed by atoms with Crippen molar-refractivity contribution in [2.24, 2.45) is 4.99 Å². The molecule has 194 valence electrons. The van der Waals surface area contributed by atoms with Gasteiger partial charge in [-0.3, -0.25) is 9.56 Å². The van der Waals surface area contributed by atoms with E-state index in [1.807, 2.05) is 31.2 Å². The Morgan fingerprint density at radius 1 is 0.872 bits per heavy atom. The molecule has 7 rings (SSSR count). The number of para-hydroxylation sites is 2. The Bertz CT molecular complexity index is 1880. The molecule has 0 spiro atoms. The third kappa shape index (κ3) is 4.52. The second-order valence-electron chi connectivity index (χ2n) is 8.90. The lowest BCUT2D eigenvalue weighted by Crippen LogP contribution is -2.05. The molecule has 0 unspecified atom stereocenters. The van der Waals surface area contributed by atoms with Crippen molar-refractivity contribution in [1.82, 2.24) is 19.3 Å². The number of aromatic nitrogens is 4. The van der Waals surface area contributed by atoms with Crippen molar-refractivity contribution in [3.8, 4) is 16.8 Å². The third-order valence-electron chi connectivity index (χ3n) is 6.70. The number of nitrogens with zero attached hydrogens (tertiary/aromatic N) is 5. The highest BCUT2D eigenvalue weighted by atomic mass is 35.5. The van der Waals surface area contributed by atoms with E-state index in [4.69, 9.17) is 16.6 Å².